The Morgan fingerprint density at radius 3 is 1.86 bits per heavy atom. The van der Waals surface area contributed by atoms with Crippen LogP contribution in [0.1, 0.15) is 0 Å². The SMILES string of the molecule is C#CC1(O)CNC1.O=C(O)C(F)(F)F. The Labute approximate surface area is 77.7 Å². The number of β-amino-alcohol motifs (C(OH)–C–C–N with tert-alkyl or cyclic N) is 1. The van der Waals surface area contributed by atoms with Crippen LogP contribution in [0.5, 0.6) is 0 Å². The summed E-state index contributed by atoms with van der Waals surface area (Å²) < 4.78 is 31.7. The third-order valence-corrected chi connectivity index (χ3v) is 1.35. The number of aliphatic carboxylic acids is 1. The zero-order chi connectivity index (χ0) is 11.4. The molecular weight excluding hydrogens is 203 g/mol. The van der Waals surface area contributed by atoms with Gasteiger partial charge in [0.2, 0.25) is 0 Å². The van der Waals surface area contributed by atoms with Crippen LogP contribution in [0.4, 0.5) is 13.2 Å². The molecule has 4 nitrogen and oxygen atoms in total. The second-order valence-electron chi connectivity index (χ2n) is 2.58. The second kappa shape index (κ2) is 4.30. The van der Waals surface area contributed by atoms with E-state index in [4.69, 9.17) is 21.4 Å². The Morgan fingerprint density at radius 1 is 1.50 bits per heavy atom. The third-order valence-electron chi connectivity index (χ3n) is 1.35. The molecule has 0 bridgehead atoms. The predicted molar refractivity (Wildman–Crippen MR) is 40.3 cm³/mol. The van der Waals surface area contributed by atoms with E-state index in [9.17, 15) is 13.2 Å². The topological polar surface area (TPSA) is 69.6 Å². The molecule has 1 aliphatic rings. The highest BCUT2D eigenvalue weighted by Crippen LogP contribution is 2.13. The van der Waals surface area contributed by atoms with E-state index in [1.165, 1.54) is 0 Å². The molecule has 0 radical (unpaired) electrons. The van der Waals surface area contributed by atoms with Crippen LogP contribution in [0.15, 0.2) is 0 Å². The Balaban J connectivity index is 0.000000241. The molecule has 1 rings (SSSR count). The van der Waals surface area contributed by atoms with E-state index in [1.54, 1.807) is 0 Å². The molecule has 3 N–H and O–H groups in total. The minimum absolute atomic E-state index is 0.545. The van der Waals surface area contributed by atoms with Crippen molar-refractivity contribution in [2.75, 3.05) is 13.1 Å². The molecule has 0 unspecified atom stereocenters. The van der Waals surface area contributed by atoms with Gasteiger partial charge in [-0.1, -0.05) is 5.92 Å². The van der Waals surface area contributed by atoms with Gasteiger partial charge in [-0.15, -0.1) is 6.42 Å². The van der Waals surface area contributed by atoms with E-state index in [0.29, 0.717) is 13.1 Å². The lowest BCUT2D eigenvalue weighted by Gasteiger charge is -2.32. The lowest BCUT2D eigenvalue weighted by molar-refractivity contribution is -0.192. The minimum atomic E-state index is -5.08. The molecule has 80 valence electrons. The first kappa shape index (κ1) is 12.7. The van der Waals surface area contributed by atoms with Crippen LogP contribution in [0, 0.1) is 12.3 Å². The quantitative estimate of drug-likeness (QED) is 0.476. The summed E-state index contributed by atoms with van der Waals surface area (Å²) in [7, 11) is 0. The molecule has 0 atom stereocenters. The van der Waals surface area contributed by atoms with Crippen LogP contribution in [0.3, 0.4) is 0 Å². The average molecular weight is 211 g/mol. The smallest absolute Gasteiger partial charge is 0.475 e. The molecule has 0 amide bonds. The zero-order valence-corrected chi connectivity index (χ0v) is 6.93. The van der Waals surface area contributed by atoms with E-state index in [-0.39, 0.29) is 0 Å². The zero-order valence-electron chi connectivity index (χ0n) is 6.93. The first-order chi connectivity index (χ1) is 6.21. The summed E-state index contributed by atoms with van der Waals surface area (Å²) in [5.41, 5.74) is -0.819. The van der Waals surface area contributed by atoms with Gasteiger partial charge in [-0.05, 0) is 0 Å². The van der Waals surface area contributed by atoms with Crippen molar-refractivity contribution in [3.8, 4) is 12.3 Å². The summed E-state index contributed by atoms with van der Waals surface area (Å²) in [5.74, 6) is -0.486. The fourth-order valence-corrected chi connectivity index (χ4v) is 0.464. The summed E-state index contributed by atoms with van der Waals surface area (Å²) in [6.07, 6.45) is -0.155. The molecular formula is C7H8F3NO3. The molecule has 1 aliphatic heterocycles. The van der Waals surface area contributed by atoms with Crippen molar-refractivity contribution < 1.29 is 28.2 Å². The van der Waals surface area contributed by atoms with Gasteiger partial charge < -0.3 is 15.5 Å². The highest BCUT2D eigenvalue weighted by Gasteiger charge is 2.38. The summed E-state index contributed by atoms with van der Waals surface area (Å²) in [5, 5.41) is 18.9. The third kappa shape index (κ3) is 4.11. The number of hydrogen-bond acceptors (Lipinski definition) is 3. The summed E-state index contributed by atoms with van der Waals surface area (Å²) in [4.78, 5) is 8.90. The number of carboxylic acid groups (broad SMARTS) is 1. The molecule has 7 heteroatoms. The second-order valence-corrected chi connectivity index (χ2v) is 2.58. The molecule has 0 saturated carbocycles. The highest BCUT2D eigenvalue weighted by molar-refractivity contribution is 5.73. The number of terminal acetylenes is 1. The van der Waals surface area contributed by atoms with E-state index >= 15 is 0 Å². The number of halogens is 3. The van der Waals surface area contributed by atoms with Gasteiger partial charge in [-0.3, -0.25) is 0 Å². The van der Waals surface area contributed by atoms with Crippen LogP contribution < -0.4 is 5.32 Å². The number of alkyl halides is 3. The van der Waals surface area contributed by atoms with Gasteiger partial charge in [0.1, 0.15) is 5.60 Å². The molecule has 14 heavy (non-hydrogen) atoms. The van der Waals surface area contributed by atoms with Gasteiger partial charge in [-0.25, -0.2) is 4.79 Å². The van der Waals surface area contributed by atoms with E-state index < -0.39 is 17.7 Å². The lowest BCUT2D eigenvalue weighted by Crippen LogP contribution is -2.58. The monoisotopic (exact) mass is 211 g/mol. The number of carboxylic acids is 1. The fourth-order valence-electron chi connectivity index (χ4n) is 0.464. The Morgan fingerprint density at radius 2 is 1.86 bits per heavy atom. The number of nitrogens with one attached hydrogen (secondary N) is 1. The molecule has 1 fully saturated rings. The van der Waals surface area contributed by atoms with Crippen molar-refractivity contribution in [3.05, 3.63) is 0 Å². The van der Waals surface area contributed by atoms with Crippen molar-refractivity contribution in [2.45, 2.75) is 11.8 Å². The maximum Gasteiger partial charge on any atom is 0.490 e. The van der Waals surface area contributed by atoms with Gasteiger partial charge in [0.25, 0.3) is 0 Å². The van der Waals surface area contributed by atoms with Gasteiger partial charge in [0.05, 0.1) is 0 Å². The van der Waals surface area contributed by atoms with Gasteiger partial charge in [0.15, 0.2) is 0 Å². The molecule has 0 spiro atoms. The van der Waals surface area contributed by atoms with Crippen molar-refractivity contribution in [1.29, 1.82) is 0 Å². The summed E-state index contributed by atoms with van der Waals surface area (Å²) in [6, 6.07) is 0. The first-order valence-corrected chi connectivity index (χ1v) is 3.42. The van der Waals surface area contributed by atoms with Crippen LogP contribution >= 0.6 is 0 Å². The van der Waals surface area contributed by atoms with Crippen molar-refractivity contribution in [3.63, 3.8) is 0 Å². The normalized spacial score (nSPS) is 18.2. The van der Waals surface area contributed by atoms with Crippen LogP contribution in [-0.4, -0.2) is 41.0 Å². The van der Waals surface area contributed by atoms with Crippen molar-refractivity contribution in [1.82, 2.24) is 5.32 Å². The average Bonchev–Trinajstić information content (AvgIpc) is 1.99. The Kier molecular flexibility index (Phi) is 3.92. The molecule has 1 heterocycles. The minimum Gasteiger partial charge on any atom is -0.475 e. The highest BCUT2D eigenvalue weighted by atomic mass is 19.4. The first-order valence-electron chi connectivity index (χ1n) is 3.42. The lowest BCUT2D eigenvalue weighted by atomic mass is 9.99. The van der Waals surface area contributed by atoms with Gasteiger partial charge in [-0.2, -0.15) is 13.2 Å². The standard InChI is InChI=1S/C5H7NO.C2HF3O2/c1-2-5(7)3-6-4-5;3-2(4,5)1(6)7/h1,6-7H,3-4H2;(H,6,7). The fraction of sp³-hybridized carbons (Fsp3) is 0.571. The van der Waals surface area contributed by atoms with Crippen LogP contribution in [0.25, 0.3) is 0 Å². The van der Waals surface area contributed by atoms with Crippen LogP contribution in [0.2, 0.25) is 0 Å². The molecule has 1 saturated heterocycles. The summed E-state index contributed by atoms with van der Waals surface area (Å²) >= 11 is 0. The van der Waals surface area contributed by atoms with Gasteiger partial charge >= 0.3 is 12.1 Å². The Bertz CT molecular complexity index is 252. The number of carbonyl (C=O) groups is 1. The molecule has 0 aliphatic carbocycles. The molecule has 0 aromatic heterocycles. The predicted octanol–water partition coefficient (Wildman–Crippen LogP) is -0.413. The van der Waals surface area contributed by atoms with Crippen molar-refractivity contribution in [2.24, 2.45) is 0 Å². The Hall–Kier alpha value is -1.26. The molecule has 0 aromatic rings. The number of aliphatic hydroxyl groups is 1. The largest absolute Gasteiger partial charge is 0.490 e. The maximum absolute atomic E-state index is 10.6. The van der Waals surface area contributed by atoms with E-state index in [0.717, 1.165) is 0 Å². The van der Waals surface area contributed by atoms with Crippen molar-refractivity contribution >= 4 is 5.97 Å². The summed E-state index contributed by atoms with van der Waals surface area (Å²) in [6.45, 7) is 1.09. The van der Waals surface area contributed by atoms with Crippen LogP contribution in [-0.2, 0) is 4.79 Å². The number of hydrogen-bond donors (Lipinski definition) is 3. The van der Waals surface area contributed by atoms with Gasteiger partial charge in [0, 0.05) is 13.1 Å². The van der Waals surface area contributed by atoms with E-state index in [2.05, 4.69) is 11.2 Å². The number of rotatable bonds is 0. The maximum atomic E-state index is 10.6. The molecule has 0 aromatic carbocycles. The van der Waals surface area contributed by atoms with E-state index in [1.807, 2.05) is 0 Å².